The van der Waals surface area contributed by atoms with E-state index in [0.29, 0.717) is 26.3 Å². The van der Waals surface area contributed by atoms with E-state index in [9.17, 15) is 4.79 Å². The van der Waals surface area contributed by atoms with Crippen molar-refractivity contribution in [1.29, 1.82) is 0 Å². The van der Waals surface area contributed by atoms with Gasteiger partial charge in [0.2, 0.25) is 5.78 Å². The molecule has 20 heavy (non-hydrogen) atoms. The van der Waals surface area contributed by atoms with E-state index in [2.05, 4.69) is 0 Å². The molecule has 0 N–H and O–H groups in total. The zero-order valence-corrected chi connectivity index (χ0v) is 12.5. The lowest BCUT2D eigenvalue weighted by atomic mass is 10.1. The Morgan fingerprint density at radius 3 is 2.75 bits per heavy atom. The molecule has 3 nitrogen and oxygen atoms in total. The summed E-state index contributed by atoms with van der Waals surface area (Å²) in [6.07, 6.45) is 0. The third-order valence-electron chi connectivity index (χ3n) is 3.15. The Hall–Kier alpha value is -1.78. The number of aryl methyl sites for hydroxylation is 1. The lowest BCUT2D eigenvalue weighted by Gasteiger charge is -1.97. The molecule has 3 rings (SSSR count). The number of rotatable bonds is 3. The zero-order valence-electron chi connectivity index (χ0n) is 10.9. The van der Waals surface area contributed by atoms with Crippen LogP contribution in [0.25, 0.3) is 11.0 Å². The highest BCUT2D eigenvalue weighted by Gasteiger charge is 2.20. The smallest absolute Gasteiger partial charge is 0.238 e. The molecule has 1 aromatic carbocycles. The number of halogens is 1. The van der Waals surface area contributed by atoms with Crippen LogP contribution in [-0.4, -0.2) is 12.9 Å². The maximum Gasteiger partial charge on any atom is 0.238 e. The first-order valence-electron chi connectivity index (χ1n) is 5.97. The van der Waals surface area contributed by atoms with Gasteiger partial charge in [-0.05, 0) is 31.2 Å². The normalized spacial score (nSPS) is 10.9. The Morgan fingerprint density at radius 1 is 1.30 bits per heavy atom. The molecule has 0 aliphatic rings. The summed E-state index contributed by atoms with van der Waals surface area (Å²) in [5.74, 6) is 0.908. The van der Waals surface area contributed by atoms with Gasteiger partial charge in [-0.25, -0.2) is 0 Å². The first-order valence-corrected chi connectivity index (χ1v) is 7.17. The Labute approximate surface area is 124 Å². The van der Waals surface area contributed by atoms with Crippen molar-refractivity contribution in [2.45, 2.75) is 6.92 Å². The third kappa shape index (κ3) is 2.11. The number of hydrogen-bond acceptors (Lipinski definition) is 4. The largest absolute Gasteiger partial charge is 0.497 e. The topological polar surface area (TPSA) is 39.4 Å². The number of ether oxygens (including phenoxy) is 1. The van der Waals surface area contributed by atoms with Gasteiger partial charge in [0.05, 0.1) is 16.3 Å². The Balaban J connectivity index is 2.12. The van der Waals surface area contributed by atoms with Gasteiger partial charge in [-0.1, -0.05) is 11.6 Å². The van der Waals surface area contributed by atoms with Crippen LogP contribution >= 0.6 is 22.9 Å². The fourth-order valence-corrected chi connectivity index (χ4v) is 3.08. The number of carbonyl (C=O) groups excluding carboxylic acids is 1. The average Bonchev–Trinajstić information content (AvgIpc) is 3.02. The van der Waals surface area contributed by atoms with Crippen LogP contribution in [0.3, 0.4) is 0 Å². The van der Waals surface area contributed by atoms with E-state index in [4.69, 9.17) is 20.8 Å². The van der Waals surface area contributed by atoms with Crippen LogP contribution in [0.2, 0.25) is 4.34 Å². The van der Waals surface area contributed by atoms with Crippen molar-refractivity contribution >= 4 is 39.7 Å². The lowest BCUT2D eigenvalue weighted by molar-refractivity contribution is 0.101. The van der Waals surface area contributed by atoms with E-state index in [1.165, 1.54) is 11.3 Å². The van der Waals surface area contributed by atoms with Crippen LogP contribution in [-0.2, 0) is 0 Å². The van der Waals surface area contributed by atoms with Crippen molar-refractivity contribution in [3.05, 3.63) is 50.9 Å². The van der Waals surface area contributed by atoms with Crippen LogP contribution in [0.15, 0.2) is 34.7 Å². The van der Waals surface area contributed by atoms with Gasteiger partial charge < -0.3 is 9.15 Å². The molecule has 0 saturated heterocycles. The quantitative estimate of drug-likeness (QED) is 0.659. The molecule has 0 aliphatic heterocycles. The molecule has 0 unspecified atom stereocenters. The van der Waals surface area contributed by atoms with Crippen molar-refractivity contribution in [1.82, 2.24) is 0 Å². The fraction of sp³-hybridized carbons (Fsp3) is 0.133. The summed E-state index contributed by atoms with van der Waals surface area (Å²) in [7, 11) is 1.59. The van der Waals surface area contributed by atoms with E-state index in [0.717, 1.165) is 10.9 Å². The SMILES string of the molecule is COc1ccc2c(C)c(C(=O)c3ccc(Cl)s3)oc2c1. The summed E-state index contributed by atoms with van der Waals surface area (Å²) in [4.78, 5) is 13.0. The van der Waals surface area contributed by atoms with E-state index in [-0.39, 0.29) is 5.78 Å². The molecule has 5 heteroatoms. The average molecular weight is 307 g/mol. The van der Waals surface area contributed by atoms with Gasteiger partial charge in [0, 0.05) is 17.0 Å². The highest BCUT2D eigenvalue weighted by Crippen LogP contribution is 2.31. The van der Waals surface area contributed by atoms with Gasteiger partial charge in [-0.3, -0.25) is 4.79 Å². The summed E-state index contributed by atoms with van der Waals surface area (Å²) < 4.78 is 11.4. The minimum absolute atomic E-state index is 0.144. The molecule has 0 fully saturated rings. The van der Waals surface area contributed by atoms with E-state index >= 15 is 0 Å². The molecule has 0 amide bonds. The molecule has 0 bridgehead atoms. The molecule has 2 aromatic heterocycles. The van der Waals surface area contributed by atoms with Crippen molar-refractivity contribution in [3.63, 3.8) is 0 Å². The van der Waals surface area contributed by atoms with E-state index in [1.807, 2.05) is 19.1 Å². The maximum atomic E-state index is 12.4. The Kier molecular flexibility index (Phi) is 3.28. The van der Waals surface area contributed by atoms with Crippen LogP contribution in [0, 0.1) is 6.92 Å². The van der Waals surface area contributed by atoms with E-state index in [1.54, 1.807) is 25.3 Å². The number of furan rings is 1. The zero-order chi connectivity index (χ0) is 14.3. The van der Waals surface area contributed by atoms with Gasteiger partial charge in [-0.2, -0.15) is 0 Å². The van der Waals surface area contributed by atoms with Crippen LogP contribution in [0.4, 0.5) is 0 Å². The van der Waals surface area contributed by atoms with Crippen molar-refractivity contribution < 1.29 is 13.9 Å². The molecular weight excluding hydrogens is 296 g/mol. The number of methoxy groups -OCH3 is 1. The van der Waals surface area contributed by atoms with Gasteiger partial charge in [0.25, 0.3) is 0 Å². The molecule has 102 valence electrons. The molecule has 2 heterocycles. The summed E-state index contributed by atoms with van der Waals surface area (Å²) in [6.45, 7) is 1.88. The van der Waals surface area contributed by atoms with E-state index < -0.39 is 0 Å². The van der Waals surface area contributed by atoms with Gasteiger partial charge in [0.15, 0.2) is 5.76 Å². The minimum atomic E-state index is -0.144. The Morgan fingerprint density at radius 2 is 2.10 bits per heavy atom. The maximum absolute atomic E-state index is 12.4. The van der Waals surface area contributed by atoms with Crippen LogP contribution in [0.5, 0.6) is 5.75 Å². The number of hydrogen-bond donors (Lipinski definition) is 0. The summed E-state index contributed by atoms with van der Waals surface area (Å²) in [5.41, 5.74) is 1.48. The van der Waals surface area contributed by atoms with Gasteiger partial charge >= 0.3 is 0 Å². The van der Waals surface area contributed by atoms with Crippen LogP contribution in [0.1, 0.15) is 21.0 Å². The number of fused-ring (bicyclic) bond motifs is 1. The van der Waals surface area contributed by atoms with Gasteiger partial charge in [-0.15, -0.1) is 11.3 Å². The van der Waals surface area contributed by atoms with Crippen molar-refractivity contribution in [3.8, 4) is 5.75 Å². The number of benzene rings is 1. The monoisotopic (exact) mass is 306 g/mol. The third-order valence-corrected chi connectivity index (χ3v) is 4.38. The standard InChI is InChI=1S/C15H11ClO3S/c1-8-10-4-3-9(18-2)7-11(10)19-15(8)14(17)12-5-6-13(16)20-12/h3-7H,1-2H3. The van der Waals surface area contributed by atoms with Crippen LogP contribution < -0.4 is 4.74 Å². The summed E-state index contributed by atoms with van der Waals surface area (Å²) >= 11 is 7.12. The molecule has 0 radical (unpaired) electrons. The molecule has 0 atom stereocenters. The fourth-order valence-electron chi connectivity index (χ4n) is 2.10. The molecular formula is C15H11ClO3S. The number of thiophene rings is 1. The first-order chi connectivity index (χ1) is 9.60. The lowest BCUT2D eigenvalue weighted by Crippen LogP contribution is -1.98. The van der Waals surface area contributed by atoms with Crippen molar-refractivity contribution in [2.75, 3.05) is 7.11 Å². The first kappa shape index (κ1) is 13.2. The second kappa shape index (κ2) is 4.96. The second-order valence-corrected chi connectivity index (χ2v) is 6.07. The predicted molar refractivity (Wildman–Crippen MR) is 80.3 cm³/mol. The second-order valence-electron chi connectivity index (χ2n) is 4.35. The highest BCUT2D eigenvalue weighted by atomic mass is 35.5. The van der Waals surface area contributed by atoms with Crippen molar-refractivity contribution in [2.24, 2.45) is 0 Å². The molecule has 3 aromatic rings. The number of ketones is 1. The predicted octanol–water partition coefficient (Wildman–Crippen LogP) is 4.70. The summed E-state index contributed by atoms with van der Waals surface area (Å²) in [6, 6.07) is 8.94. The summed E-state index contributed by atoms with van der Waals surface area (Å²) in [5, 5.41) is 0.914. The molecule has 0 spiro atoms. The molecule has 0 aliphatic carbocycles. The minimum Gasteiger partial charge on any atom is -0.497 e. The van der Waals surface area contributed by atoms with Gasteiger partial charge in [0.1, 0.15) is 11.3 Å². The molecule has 0 saturated carbocycles. The number of carbonyl (C=O) groups is 1. The Bertz CT molecular complexity index is 801. The highest BCUT2D eigenvalue weighted by molar-refractivity contribution is 7.18.